The highest BCUT2D eigenvalue weighted by atomic mass is 16.3. The molecule has 0 radical (unpaired) electrons. The van der Waals surface area contributed by atoms with E-state index < -0.39 is 0 Å². The van der Waals surface area contributed by atoms with Gasteiger partial charge in [-0.3, -0.25) is 4.79 Å². The number of carbonyl (C=O) groups is 1. The van der Waals surface area contributed by atoms with Crippen LogP contribution in [0.3, 0.4) is 0 Å². The molecule has 5 nitrogen and oxygen atoms in total. The summed E-state index contributed by atoms with van der Waals surface area (Å²) in [5, 5.41) is 0. The van der Waals surface area contributed by atoms with E-state index in [0.717, 1.165) is 22.6 Å². The maximum atomic E-state index is 12.1. The largest absolute Gasteiger partial charge is 0.467 e. The molecule has 1 fully saturated rings. The zero-order valence-corrected chi connectivity index (χ0v) is 11.5. The van der Waals surface area contributed by atoms with Crippen molar-refractivity contribution in [3.63, 3.8) is 0 Å². The van der Waals surface area contributed by atoms with Gasteiger partial charge < -0.3 is 14.3 Å². The van der Waals surface area contributed by atoms with Crippen LogP contribution < -0.4 is 0 Å². The van der Waals surface area contributed by atoms with Crippen molar-refractivity contribution in [2.45, 2.75) is 18.9 Å². The Bertz CT molecular complexity index is 743. The van der Waals surface area contributed by atoms with Gasteiger partial charge in [-0.25, -0.2) is 4.98 Å². The van der Waals surface area contributed by atoms with Crippen LogP contribution in [0.5, 0.6) is 0 Å². The maximum absolute atomic E-state index is 12.1. The molecular weight excluding hydrogens is 266 g/mol. The molecule has 1 atom stereocenters. The summed E-state index contributed by atoms with van der Waals surface area (Å²) >= 11 is 0. The Labute approximate surface area is 121 Å². The average molecular weight is 281 g/mol. The Kier molecular flexibility index (Phi) is 2.77. The number of nitrogens with one attached hydrogen (secondary N) is 1. The fourth-order valence-electron chi connectivity index (χ4n) is 2.86. The first-order valence-electron chi connectivity index (χ1n) is 7.04. The smallest absolute Gasteiger partial charge is 0.223 e. The average Bonchev–Trinajstić information content (AvgIpc) is 3.19. The van der Waals surface area contributed by atoms with Gasteiger partial charge in [0.2, 0.25) is 5.91 Å². The lowest BCUT2D eigenvalue weighted by Gasteiger charge is -2.14. The number of hydrogen-bond acceptors (Lipinski definition) is 3. The van der Waals surface area contributed by atoms with Gasteiger partial charge in [0.15, 0.2) is 0 Å². The van der Waals surface area contributed by atoms with Crippen LogP contribution in [-0.2, 0) is 11.3 Å². The first kappa shape index (κ1) is 12.2. The topological polar surface area (TPSA) is 62.1 Å². The molecule has 1 aromatic carbocycles. The van der Waals surface area contributed by atoms with Crippen molar-refractivity contribution in [2.24, 2.45) is 0 Å². The molecule has 3 aromatic rings. The molecule has 1 amide bonds. The van der Waals surface area contributed by atoms with Crippen molar-refractivity contribution in [3.8, 4) is 0 Å². The molecule has 1 aliphatic rings. The monoisotopic (exact) mass is 281 g/mol. The van der Waals surface area contributed by atoms with Crippen molar-refractivity contribution < 1.29 is 9.21 Å². The van der Waals surface area contributed by atoms with E-state index in [1.807, 2.05) is 41.3 Å². The van der Waals surface area contributed by atoms with Crippen molar-refractivity contribution in [2.75, 3.05) is 6.54 Å². The van der Waals surface area contributed by atoms with E-state index >= 15 is 0 Å². The number of likely N-dealkylation sites (tertiary alicyclic amines) is 1. The van der Waals surface area contributed by atoms with E-state index in [0.29, 0.717) is 19.5 Å². The van der Waals surface area contributed by atoms with Gasteiger partial charge in [0.1, 0.15) is 11.6 Å². The van der Waals surface area contributed by atoms with Gasteiger partial charge in [0.05, 0.1) is 23.8 Å². The third kappa shape index (κ3) is 2.20. The van der Waals surface area contributed by atoms with Gasteiger partial charge in [-0.05, 0) is 24.3 Å². The Morgan fingerprint density at radius 3 is 3.00 bits per heavy atom. The van der Waals surface area contributed by atoms with Gasteiger partial charge in [-0.15, -0.1) is 0 Å². The minimum atomic E-state index is 0.125. The third-order valence-electron chi connectivity index (χ3n) is 3.94. The highest BCUT2D eigenvalue weighted by molar-refractivity contribution is 5.80. The summed E-state index contributed by atoms with van der Waals surface area (Å²) in [6.07, 6.45) is 2.13. The summed E-state index contributed by atoms with van der Waals surface area (Å²) in [6.45, 7) is 1.21. The zero-order chi connectivity index (χ0) is 14.2. The molecule has 1 aliphatic heterocycles. The molecule has 0 bridgehead atoms. The lowest BCUT2D eigenvalue weighted by atomic mass is 10.1. The van der Waals surface area contributed by atoms with Crippen molar-refractivity contribution >= 4 is 16.9 Å². The molecule has 0 unspecified atom stereocenters. The fourth-order valence-corrected chi connectivity index (χ4v) is 2.86. The normalized spacial score (nSPS) is 18.8. The van der Waals surface area contributed by atoms with Crippen LogP contribution in [0.2, 0.25) is 0 Å². The number of rotatable bonds is 3. The van der Waals surface area contributed by atoms with Crippen LogP contribution in [0, 0.1) is 0 Å². The van der Waals surface area contributed by atoms with Crippen molar-refractivity contribution in [1.29, 1.82) is 0 Å². The molecule has 1 N–H and O–H groups in total. The molecule has 2 aromatic heterocycles. The van der Waals surface area contributed by atoms with E-state index in [9.17, 15) is 4.79 Å². The quantitative estimate of drug-likeness (QED) is 0.802. The molecule has 21 heavy (non-hydrogen) atoms. The molecule has 3 heterocycles. The van der Waals surface area contributed by atoms with Gasteiger partial charge >= 0.3 is 0 Å². The molecule has 5 heteroatoms. The van der Waals surface area contributed by atoms with Crippen LogP contribution in [0.15, 0.2) is 47.1 Å². The van der Waals surface area contributed by atoms with E-state index in [-0.39, 0.29) is 11.8 Å². The predicted octanol–water partition coefficient (Wildman–Crippen LogP) is 2.67. The summed E-state index contributed by atoms with van der Waals surface area (Å²) in [5.41, 5.74) is 1.97. The van der Waals surface area contributed by atoms with E-state index in [1.54, 1.807) is 6.26 Å². The lowest BCUT2D eigenvalue weighted by molar-refractivity contribution is -0.128. The number of aromatic amines is 1. The second-order valence-corrected chi connectivity index (χ2v) is 5.39. The fraction of sp³-hybridized carbons (Fsp3) is 0.250. The number of para-hydroxylation sites is 2. The number of nitrogens with zero attached hydrogens (tertiary/aromatic N) is 2. The number of fused-ring (bicyclic) bond motifs is 1. The second kappa shape index (κ2) is 4.77. The standard InChI is InChI=1S/C16H15N3O2/c20-15-8-11(9-19(15)10-12-4-3-7-21-12)16-17-13-5-1-2-6-14(13)18-16/h1-7,11H,8-10H2,(H,17,18)/t11-/m0/s1. The second-order valence-electron chi connectivity index (χ2n) is 5.39. The predicted molar refractivity (Wildman–Crippen MR) is 77.6 cm³/mol. The van der Waals surface area contributed by atoms with Gasteiger partial charge in [0, 0.05) is 18.9 Å². The number of hydrogen-bond donors (Lipinski definition) is 1. The van der Waals surface area contributed by atoms with Crippen LogP contribution in [0.4, 0.5) is 0 Å². The summed E-state index contributed by atoms with van der Waals surface area (Å²) in [5.74, 6) is 1.98. The van der Waals surface area contributed by atoms with Gasteiger partial charge in [-0.1, -0.05) is 12.1 Å². The zero-order valence-electron chi connectivity index (χ0n) is 11.5. The summed E-state index contributed by atoms with van der Waals surface area (Å²) < 4.78 is 5.32. The third-order valence-corrected chi connectivity index (χ3v) is 3.94. The number of aromatic nitrogens is 2. The summed E-state index contributed by atoms with van der Waals surface area (Å²) in [7, 11) is 0. The number of H-pyrrole nitrogens is 1. The molecule has 1 saturated heterocycles. The van der Waals surface area contributed by atoms with Gasteiger partial charge in [-0.2, -0.15) is 0 Å². The SMILES string of the molecule is O=C1C[C@H](c2nc3ccccc3[nH]2)CN1Cc1ccco1. The maximum Gasteiger partial charge on any atom is 0.223 e. The molecular formula is C16H15N3O2. The van der Waals surface area contributed by atoms with Crippen molar-refractivity contribution in [3.05, 3.63) is 54.2 Å². The first-order chi connectivity index (χ1) is 10.3. The van der Waals surface area contributed by atoms with Crippen LogP contribution in [0.25, 0.3) is 11.0 Å². The Morgan fingerprint density at radius 1 is 1.29 bits per heavy atom. The number of carbonyl (C=O) groups excluding carboxylic acids is 1. The summed E-state index contributed by atoms with van der Waals surface area (Å²) in [4.78, 5) is 21.9. The number of furan rings is 1. The van der Waals surface area contributed by atoms with E-state index in [2.05, 4.69) is 9.97 Å². The first-order valence-corrected chi connectivity index (χ1v) is 7.04. The molecule has 4 rings (SSSR count). The minimum Gasteiger partial charge on any atom is -0.467 e. The van der Waals surface area contributed by atoms with Crippen LogP contribution in [0.1, 0.15) is 23.9 Å². The molecule has 0 aliphatic carbocycles. The molecule has 0 saturated carbocycles. The Hall–Kier alpha value is -2.56. The number of benzene rings is 1. The lowest BCUT2D eigenvalue weighted by Crippen LogP contribution is -2.24. The van der Waals surface area contributed by atoms with E-state index in [1.165, 1.54) is 0 Å². The highest BCUT2D eigenvalue weighted by Crippen LogP contribution is 2.28. The number of imidazole rings is 1. The van der Waals surface area contributed by atoms with Gasteiger partial charge in [0.25, 0.3) is 0 Å². The van der Waals surface area contributed by atoms with E-state index in [4.69, 9.17) is 4.42 Å². The van der Waals surface area contributed by atoms with Crippen LogP contribution in [-0.4, -0.2) is 27.3 Å². The van der Waals surface area contributed by atoms with Crippen LogP contribution >= 0.6 is 0 Å². The summed E-state index contributed by atoms with van der Waals surface area (Å²) in [6, 6.07) is 11.7. The Morgan fingerprint density at radius 2 is 2.19 bits per heavy atom. The van der Waals surface area contributed by atoms with Crippen molar-refractivity contribution in [1.82, 2.24) is 14.9 Å². The molecule has 0 spiro atoms. The minimum absolute atomic E-state index is 0.125. The molecule has 106 valence electrons. The Balaban J connectivity index is 1.55. The number of amides is 1. The highest BCUT2D eigenvalue weighted by Gasteiger charge is 2.32.